The largest absolute Gasteiger partial charge is 0.461 e. The van der Waals surface area contributed by atoms with Gasteiger partial charge in [-0.25, -0.2) is 0 Å². The van der Waals surface area contributed by atoms with Gasteiger partial charge in [0.15, 0.2) is 5.76 Å². The van der Waals surface area contributed by atoms with E-state index in [0.29, 0.717) is 11.6 Å². The third-order valence-electron chi connectivity index (χ3n) is 2.03. The maximum Gasteiger partial charge on any atom is 0.271 e. The Balaban J connectivity index is 2.33. The van der Waals surface area contributed by atoms with Crippen molar-refractivity contribution in [3.05, 3.63) is 24.2 Å². The van der Waals surface area contributed by atoms with Crippen LogP contribution in [0.2, 0.25) is 0 Å². The van der Waals surface area contributed by atoms with Gasteiger partial charge in [0.05, 0.1) is 6.26 Å². The van der Waals surface area contributed by atoms with E-state index in [1.165, 1.54) is 11.2 Å². The van der Waals surface area contributed by atoms with Gasteiger partial charge in [0.25, 0.3) is 5.91 Å². The molecule has 5 heteroatoms. The minimum Gasteiger partial charge on any atom is -0.461 e. The molecule has 5 nitrogen and oxygen atoms in total. The summed E-state index contributed by atoms with van der Waals surface area (Å²) in [7, 11) is 1.64. The van der Waals surface area contributed by atoms with Crippen LogP contribution in [0, 0.1) is 0 Å². The molecule has 1 aromatic rings. The van der Waals surface area contributed by atoms with Gasteiger partial charge in [0, 0.05) is 7.05 Å². The third kappa shape index (κ3) is 1.26. The van der Waals surface area contributed by atoms with E-state index in [9.17, 15) is 4.79 Å². The predicted molar refractivity (Wildman–Crippen MR) is 48.6 cm³/mol. The van der Waals surface area contributed by atoms with E-state index in [2.05, 4.69) is 5.16 Å². The Morgan fingerprint density at radius 3 is 3.00 bits per heavy atom. The molecule has 0 aliphatic carbocycles. The lowest BCUT2D eigenvalue weighted by Gasteiger charge is -2.24. The van der Waals surface area contributed by atoms with Crippen molar-refractivity contribution >= 4 is 11.7 Å². The molecule has 0 saturated carbocycles. The topological polar surface area (TPSA) is 55.0 Å². The van der Waals surface area contributed by atoms with E-state index in [1.54, 1.807) is 26.1 Å². The standard InChI is InChI=1S/C9H10N2O3/c1-6-9(12)11(2)8(10-14-6)7-4-3-5-13-7/h3-6H,1-2H3. The van der Waals surface area contributed by atoms with Crippen LogP contribution in [0.25, 0.3) is 0 Å². The first-order valence-electron chi connectivity index (χ1n) is 4.25. The van der Waals surface area contributed by atoms with Gasteiger partial charge in [-0.15, -0.1) is 0 Å². The summed E-state index contributed by atoms with van der Waals surface area (Å²) in [5.41, 5.74) is 0. The number of hydrogen-bond donors (Lipinski definition) is 0. The molecule has 1 atom stereocenters. The van der Waals surface area contributed by atoms with Crippen LogP contribution in [0.3, 0.4) is 0 Å². The van der Waals surface area contributed by atoms with Crippen LogP contribution >= 0.6 is 0 Å². The quantitative estimate of drug-likeness (QED) is 0.665. The number of carbonyl (C=O) groups is 1. The molecule has 0 radical (unpaired) electrons. The van der Waals surface area contributed by atoms with E-state index in [1.807, 2.05) is 0 Å². The summed E-state index contributed by atoms with van der Waals surface area (Å²) in [6.07, 6.45) is 0.993. The second-order valence-electron chi connectivity index (χ2n) is 3.04. The molecule has 0 N–H and O–H groups in total. The molecule has 0 spiro atoms. The van der Waals surface area contributed by atoms with Crippen molar-refractivity contribution in [3.63, 3.8) is 0 Å². The van der Waals surface area contributed by atoms with Crippen LogP contribution in [0.5, 0.6) is 0 Å². The Labute approximate surface area is 80.9 Å². The highest BCUT2D eigenvalue weighted by Crippen LogP contribution is 2.13. The Kier molecular flexibility index (Phi) is 1.99. The van der Waals surface area contributed by atoms with Gasteiger partial charge in [-0.2, -0.15) is 0 Å². The maximum atomic E-state index is 11.5. The smallest absolute Gasteiger partial charge is 0.271 e. The van der Waals surface area contributed by atoms with Gasteiger partial charge in [-0.05, 0) is 19.1 Å². The first-order valence-corrected chi connectivity index (χ1v) is 4.25. The molecule has 1 unspecified atom stereocenters. The first kappa shape index (κ1) is 8.80. The molecular weight excluding hydrogens is 184 g/mol. The fourth-order valence-electron chi connectivity index (χ4n) is 1.23. The van der Waals surface area contributed by atoms with Gasteiger partial charge < -0.3 is 9.25 Å². The molecule has 1 aromatic heterocycles. The van der Waals surface area contributed by atoms with Crippen molar-refractivity contribution < 1.29 is 14.0 Å². The number of carbonyl (C=O) groups excluding carboxylic acids is 1. The van der Waals surface area contributed by atoms with Gasteiger partial charge >= 0.3 is 0 Å². The van der Waals surface area contributed by atoms with Crippen molar-refractivity contribution in [1.82, 2.24) is 4.90 Å². The Bertz CT molecular complexity index is 369. The summed E-state index contributed by atoms with van der Waals surface area (Å²) in [5, 5.41) is 3.81. The maximum absolute atomic E-state index is 11.5. The number of likely N-dealkylation sites (N-methyl/N-ethyl adjacent to an activating group) is 1. The molecule has 74 valence electrons. The van der Waals surface area contributed by atoms with Crippen LogP contribution in [0.1, 0.15) is 12.7 Å². The first-order chi connectivity index (χ1) is 6.70. The van der Waals surface area contributed by atoms with Gasteiger partial charge in [0.1, 0.15) is 0 Å². The molecule has 14 heavy (non-hydrogen) atoms. The summed E-state index contributed by atoms with van der Waals surface area (Å²) in [6.45, 7) is 1.65. The summed E-state index contributed by atoms with van der Waals surface area (Å²) in [4.78, 5) is 17.9. The molecule has 1 amide bonds. The molecule has 2 rings (SSSR count). The van der Waals surface area contributed by atoms with Crippen molar-refractivity contribution in [1.29, 1.82) is 0 Å². The molecule has 0 fully saturated rings. The number of nitrogens with zero attached hydrogens (tertiary/aromatic N) is 2. The fraction of sp³-hybridized carbons (Fsp3) is 0.333. The minimum atomic E-state index is -0.529. The number of oxime groups is 1. The zero-order valence-corrected chi connectivity index (χ0v) is 7.93. The lowest BCUT2D eigenvalue weighted by Crippen LogP contribution is -2.44. The summed E-state index contributed by atoms with van der Waals surface area (Å²) in [6, 6.07) is 3.45. The van der Waals surface area contributed by atoms with Crippen LogP contribution in [-0.2, 0) is 9.63 Å². The zero-order valence-electron chi connectivity index (χ0n) is 7.93. The highest BCUT2D eigenvalue weighted by molar-refractivity contribution is 6.07. The van der Waals surface area contributed by atoms with Gasteiger partial charge in [0.2, 0.25) is 11.9 Å². The number of furan rings is 1. The van der Waals surface area contributed by atoms with E-state index in [4.69, 9.17) is 9.25 Å². The highest BCUT2D eigenvalue weighted by atomic mass is 16.6. The number of amidine groups is 1. The summed E-state index contributed by atoms with van der Waals surface area (Å²) in [5.74, 6) is 0.789. The second kappa shape index (κ2) is 3.17. The molecule has 1 aliphatic rings. The Morgan fingerprint density at radius 2 is 2.36 bits per heavy atom. The second-order valence-corrected chi connectivity index (χ2v) is 3.04. The Morgan fingerprint density at radius 1 is 1.57 bits per heavy atom. The minimum absolute atomic E-state index is 0.133. The van der Waals surface area contributed by atoms with Crippen LogP contribution < -0.4 is 0 Å². The van der Waals surface area contributed by atoms with Crippen LogP contribution in [-0.4, -0.2) is 29.8 Å². The number of rotatable bonds is 1. The average molecular weight is 194 g/mol. The number of hydrogen-bond acceptors (Lipinski definition) is 4. The highest BCUT2D eigenvalue weighted by Gasteiger charge is 2.29. The van der Waals surface area contributed by atoms with Gasteiger partial charge in [-0.3, -0.25) is 9.69 Å². The van der Waals surface area contributed by atoms with E-state index < -0.39 is 6.10 Å². The van der Waals surface area contributed by atoms with E-state index in [0.717, 1.165) is 0 Å². The van der Waals surface area contributed by atoms with Crippen molar-refractivity contribution in [2.24, 2.45) is 5.16 Å². The average Bonchev–Trinajstić information content (AvgIpc) is 2.67. The van der Waals surface area contributed by atoms with Gasteiger partial charge in [-0.1, -0.05) is 5.16 Å². The molecular formula is C9H10N2O3. The summed E-state index contributed by atoms with van der Waals surface area (Å²) >= 11 is 0. The van der Waals surface area contributed by atoms with Crippen LogP contribution in [0.15, 0.2) is 28.0 Å². The van der Waals surface area contributed by atoms with Crippen molar-refractivity contribution in [2.75, 3.05) is 7.05 Å². The monoisotopic (exact) mass is 194 g/mol. The molecule has 1 aliphatic heterocycles. The SMILES string of the molecule is CC1ON=C(c2ccco2)N(C)C1=O. The lowest BCUT2D eigenvalue weighted by atomic mass is 10.3. The zero-order chi connectivity index (χ0) is 10.1. The predicted octanol–water partition coefficient (Wildman–Crippen LogP) is 0.818. The van der Waals surface area contributed by atoms with Crippen molar-refractivity contribution in [3.8, 4) is 0 Å². The van der Waals surface area contributed by atoms with E-state index >= 15 is 0 Å². The molecule has 0 saturated heterocycles. The lowest BCUT2D eigenvalue weighted by molar-refractivity contribution is -0.140. The summed E-state index contributed by atoms with van der Waals surface area (Å²) < 4.78 is 5.12. The van der Waals surface area contributed by atoms with E-state index in [-0.39, 0.29) is 5.91 Å². The Hall–Kier alpha value is -1.78. The molecule has 0 aromatic carbocycles. The number of amides is 1. The van der Waals surface area contributed by atoms with Crippen LogP contribution in [0.4, 0.5) is 0 Å². The molecule has 0 bridgehead atoms. The fourth-order valence-corrected chi connectivity index (χ4v) is 1.23. The third-order valence-corrected chi connectivity index (χ3v) is 2.03. The normalized spacial score (nSPS) is 21.9. The van der Waals surface area contributed by atoms with Crippen molar-refractivity contribution in [2.45, 2.75) is 13.0 Å². The molecule has 2 heterocycles.